The number of methoxy groups -OCH3 is 1. The predicted molar refractivity (Wildman–Crippen MR) is 76.9 cm³/mol. The van der Waals surface area contributed by atoms with Gasteiger partial charge in [0.05, 0.1) is 13.4 Å². The number of rotatable bonds is 4. The number of sulfonamides is 1. The van der Waals surface area contributed by atoms with Gasteiger partial charge in [0.1, 0.15) is 5.75 Å². The van der Waals surface area contributed by atoms with Crippen molar-refractivity contribution in [1.29, 1.82) is 0 Å². The van der Waals surface area contributed by atoms with Crippen LogP contribution in [0.5, 0.6) is 5.75 Å². The van der Waals surface area contributed by atoms with Gasteiger partial charge in [-0.1, -0.05) is 30.3 Å². The number of anilines is 1. The molecule has 0 heterocycles. The Labute approximate surface area is 113 Å². The molecule has 0 saturated carbocycles. The standard InChI is InChI=1S/C14H15NO3S/c1-18-14-6-4-3-5-13(14)11-7-9-12(10-8-11)15-19(2,16)17/h3-10,15H,1-2H3. The maximum atomic E-state index is 11.1. The number of para-hydroxylation sites is 1. The van der Waals surface area contributed by atoms with E-state index in [9.17, 15) is 8.42 Å². The van der Waals surface area contributed by atoms with E-state index in [4.69, 9.17) is 4.74 Å². The third-order valence-corrected chi connectivity index (χ3v) is 3.21. The maximum Gasteiger partial charge on any atom is 0.229 e. The van der Waals surface area contributed by atoms with Crippen molar-refractivity contribution in [2.45, 2.75) is 0 Å². The van der Waals surface area contributed by atoms with Gasteiger partial charge >= 0.3 is 0 Å². The molecule has 0 radical (unpaired) electrons. The first-order chi connectivity index (χ1) is 8.99. The molecular weight excluding hydrogens is 262 g/mol. The number of ether oxygens (including phenoxy) is 1. The molecule has 0 bridgehead atoms. The maximum absolute atomic E-state index is 11.1. The number of nitrogens with one attached hydrogen (secondary N) is 1. The van der Waals surface area contributed by atoms with Gasteiger partial charge in [-0.25, -0.2) is 8.42 Å². The molecule has 100 valence electrons. The van der Waals surface area contributed by atoms with Crippen LogP contribution < -0.4 is 9.46 Å². The number of benzene rings is 2. The van der Waals surface area contributed by atoms with Gasteiger partial charge in [0.25, 0.3) is 0 Å². The van der Waals surface area contributed by atoms with Crippen molar-refractivity contribution in [2.24, 2.45) is 0 Å². The minimum atomic E-state index is -3.24. The topological polar surface area (TPSA) is 55.4 Å². The second kappa shape index (κ2) is 5.32. The highest BCUT2D eigenvalue weighted by molar-refractivity contribution is 7.92. The number of hydrogen-bond donors (Lipinski definition) is 1. The zero-order valence-electron chi connectivity index (χ0n) is 10.8. The van der Waals surface area contributed by atoms with E-state index in [0.717, 1.165) is 23.1 Å². The quantitative estimate of drug-likeness (QED) is 0.935. The lowest BCUT2D eigenvalue weighted by Gasteiger charge is -2.09. The van der Waals surface area contributed by atoms with Gasteiger partial charge in [-0.15, -0.1) is 0 Å². The molecule has 0 aliphatic carbocycles. The molecule has 1 N–H and O–H groups in total. The summed E-state index contributed by atoms with van der Waals surface area (Å²) in [6.45, 7) is 0. The first-order valence-electron chi connectivity index (χ1n) is 5.71. The Kier molecular flexibility index (Phi) is 3.76. The second-order valence-electron chi connectivity index (χ2n) is 4.15. The van der Waals surface area contributed by atoms with Crippen LogP contribution in [0, 0.1) is 0 Å². The van der Waals surface area contributed by atoms with Crippen LogP contribution in [0.4, 0.5) is 5.69 Å². The van der Waals surface area contributed by atoms with Gasteiger partial charge in [0.2, 0.25) is 10.0 Å². The normalized spacial score (nSPS) is 11.1. The van der Waals surface area contributed by atoms with Crippen LogP contribution in [0.3, 0.4) is 0 Å². The van der Waals surface area contributed by atoms with Gasteiger partial charge in [-0.2, -0.15) is 0 Å². The highest BCUT2D eigenvalue weighted by Gasteiger charge is 2.06. The van der Waals surface area contributed by atoms with Crippen molar-refractivity contribution < 1.29 is 13.2 Å². The van der Waals surface area contributed by atoms with Crippen LogP contribution in [0.15, 0.2) is 48.5 Å². The van der Waals surface area contributed by atoms with Crippen molar-refractivity contribution in [3.63, 3.8) is 0 Å². The molecule has 0 aromatic heterocycles. The van der Waals surface area contributed by atoms with Gasteiger partial charge in [-0.3, -0.25) is 4.72 Å². The summed E-state index contributed by atoms with van der Waals surface area (Å²) in [5.41, 5.74) is 2.48. The molecule has 0 amide bonds. The minimum absolute atomic E-state index is 0.543. The van der Waals surface area contributed by atoms with Crippen molar-refractivity contribution in [2.75, 3.05) is 18.1 Å². The lowest BCUT2D eigenvalue weighted by atomic mass is 10.0. The largest absolute Gasteiger partial charge is 0.496 e. The first kappa shape index (κ1) is 13.4. The fourth-order valence-corrected chi connectivity index (χ4v) is 2.38. The second-order valence-corrected chi connectivity index (χ2v) is 5.90. The van der Waals surface area contributed by atoms with Crippen molar-refractivity contribution in [1.82, 2.24) is 0 Å². The fraction of sp³-hybridized carbons (Fsp3) is 0.143. The molecule has 0 saturated heterocycles. The molecule has 2 aromatic rings. The van der Waals surface area contributed by atoms with Gasteiger partial charge < -0.3 is 4.74 Å². The Balaban J connectivity index is 2.32. The molecule has 4 nitrogen and oxygen atoms in total. The summed E-state index contributed by atoms with van der Waals surface area (Å²) in [5, 5.41) is 0. The zero-order valence-corrected chi connectivity index (χ0v) is 11.6. The molecule has 0 fully saturated rings. The van der Waals surface area contributed by atoms with Gasteiger partial charge in [0, 0.05) is 11.3 Å². The van der Waals surface area contributed by atoms with Crippen LogP contribution in [0.25, 0.3) is 11.1 Å². The van der Waals surface area contributed by atoms with E-state index in [1.54, 1.807) is 19.2 Å². The van der Waals surface area contributed by atoms with Gasteiger partial charge in [-0.05, 0) is 23.8 Å². The average Bonchev–Trinajstić information content (AvgIpc) is 2.38. The van der Waals surface area contributed by atoms with Crippen molar-refractivity contribution in [3.05, 3.63) is 48.5 Å². The highest BCUT2D eigenvalue weighted by Crippen LogP contribution is 2.30. The Morgan fingerprint density at radius 3 is 2.21 bits per heavy atom. The Hall–Kier alpha value is -2.01. The summed E-state index contributed by atoms with van der Waals surface area (Å²) in [6, 6.07) is 14.8. The van der Waals surface area contributed by atoms with Crippen LogP contribution >= 0.6 is 0 Å². The molecule has 19 heavy (non-hydrogen) atoms. The van der Waals surface area contributed by atoms with E-state index < -0.39 is 10.0 Å². The Morgan fingerprint density at radius 1 is 1.00 bits per heavy atom. The summed E-state index contributed by atoms with van der Waals surface area (Å²) < 4.78 is 30.0. The van der Waals surface area contributed by atoms with Crippen LogP contribution in [-0.2, 0) is 10.0 Å². The monoisotopic (exact) mass is 277 g/mol. The smallest absolute Gasteiger partial charge is 0.229 e. The van der Waals surface area contributed by atoms with E-state index >= 15 is 0 Å². The van der Waals surface area contributed by atoms with Crippen molar-refractivity contribution >= 4 is 15.7 Å². The van der Waals surface area contributed by atoms with E-state index in [1.165, 1.54) is 0 Å². The van der Waals surface area contributed by atoms with E-state index in [0.29, 0.717) is 5.69 Å². The molecule has 2 rings (SSSR count). The third-order valence-electron chi connectivity index (χ3n) is 2.61. The minimum Gasteiger partial charge on any atom is -0.496 e. The summed E-state index contributed by atoms with van der Waals surface area (Å²) in [4.78, 5) is 0. The Bertz CT molecular complexity index is 663. The van der Waals surface area contributed by atoms with Crippen molar-refractivity contribution in [3.8, 4) is 16.9 Å². The summed E-state index contributed by atoms with van der Waals surface area (Å²) in [5.74, 6) is 0.784. The molecule has 0 aliphatic rings. The zero-order chi connectivity index (χ0) is 13.9. The third kappa shape index (κ3) is 3.48. The van der Waals surface area contributed by atoms with Crippen LogP contribution in [0.1, 0.15) is 0 Å². The number of hydrogen-bond acceptors (Lipinski definition) is 3. The van der Waals surface area contributed by atoms with Gasteiger partial charge in [0.15, 0.2) is 0 Å². The SMILES string of the molecule is COc1ccccc1-c1ccc(NS(C)(=O)=O)cc1. The fourth-order valence-electron chi connectivity index (χ4n) is 1.82. The van der Waals surface area contributed by atoms with E-state index in [1.807, 2.05) is 36.4 Å². The molecule has 0 atom stereocenters. The first-order valence-corrected chi connectivity index (χ1v) is 7.60. The molecule has 2 aromatic carbocycles. The van der Waals surface area contributed by atoms with Crippen LogP contribution in [0.2, 0.25) is 0 Å². The van der Waals surface area contributed by atoms with E-state index in [2.05, 4.69) is 4.72 Å². The molecule has 0 spiro atoms. The molecular formula is C14H15NO3S. The molecule has 0 unspecified atom stereocenters. The highest BCUT2D eigenvalue weighted by atomic mass is 32.2. The molecule has 0 aliphatic heterocycles. The average molecular weight is 277 g/mol. The predicted octanol–water partition coefficient (Wildman–Crippen LogP) is 2.73. The lowest BCUT2D eigenvalue weighted by Crippen LogP contribution is -2.09. The summed E-state index contributed by atoms with van der Waals surface area (Å²) >= 11 is 0. The summed E-state index contributed by atoms with van der Waals surface area (Å²) in [6.07, 6.45) is 1.13. The van der Waals surface area contributed by atoms with Crippen LogP contribution in [-0.4, -0.2) is 21.8 Å². The summed E-state index contributed by atoms with van der Waals surface area (Å²) in [7, 11) is -1.62. The Morgan fingerprint density at radius 2 is 1.63 bits per heavy atom. The lowest BCUT2D eigenvalue weighted by molar-refractivity contribution is 0.416. The molecule has 5 heteroatoms. The van der Waals surface area contributed by atoms with E-state index in [-0.39, 0.29) is 0 Å².